The highest BCUT2D eigenvalue weighted by Crippen LogP contribution is 2.39. The summed E-state index contributed by atoms with van der Waals surface area (Å²) in [6.45, 7) is 3.78. The molecular formula is C20H28N2O4. The van der Waals surface area contributed by atoms with Crippen LogP contribution in [0.2, 0.25) is 0 Å². The smallest absolute Gasteiger partial charge is 0.203 e. The summed E-state index contributed by atoms with van der Waals surface area (Å²) in [5.74, 6) is 2.85. The summed E-state index contributed by atoms with van der Waals surface area (Å²) in [6.07, 6.45) is 4.75. The molecule has 2 aromatic rings. The van der Waals surface area contributed by atoms with Crippen LogP contribution in [0.5, 0.6) is 17.2 Å². The molecule has 0 radical (unpaired) electrons. The second-order valence-electron chi connectivity index (χ2n) is 6.73. The number of benzene rings is 1. The van der Waals surface area contributed by atoms with Crippen LogP contribution in [-0.4, -0.2) is 37.9 Å². The molecule has 0 saturated carbocycles. The normalized spacial score (nSPS) is 18.4. The first-order valence-electron chi connectivity index (χ1n) is 9.12. The maximum Gasteiger partial charge on any atom is 0.203 e. The van der Waals surface area contributed by atoms with Crippen molar-refractivity contribution in [1.82, 2.24) is 10.1 Å². The van der Waals surface area contributed by atoms with Crippen molar-refractivity contribution in [3.8, 4) is 17.2 Å². The summed E-state index contributed by atoms with van der Waals surface area (Å²) in [5.41, 5.74) is 2.16. The van der Waals surface area contributed by atoms with Gasteiger partial charge in [-0.1, -0.05) is 18.0 Å². The van der Waals surface area contributed by atoms with E-state index in [0.717, 1.165) is 36.5 Å². The molecule has 1 aliphatic rings. The number of likely N-dealkylation sites (tertiary alicyclic amines) is 1. The Morgan fingerprint density at radius 1 is 1.04 bits per heavy atom. The van der Waals surface area contributed by atoms with Crippen LogP contribution < -0.4 is 14.2 Å². The SMILES string of the molecule is COc1cc(CN2CCCCC[C@H]2c2cc(C)on2)cc(OC)c1OC. The van der Waals surface area contributed by atoms with Gasteiger partial charge in [-0.15, -0.1) is 0 Å². The molecule has 0 bridgehead atoms. The lowest BCUT2D eigenvalue weighted by atomic mass is 10.1. The predicted octanol–water partition coefficient (Wildman–Crippen LogP) is 4.13. The van der Waals surface area contributed by atoms with Crippen molar-refractivity contribution in [2.45, 2.75) is 45.2 Å². The van der Waals surface area contributed by atoms with Gasteiger partial charge in [-0.2, -0.15) is 0 Å². The van der Waals surface area contributed by atoms with Crippen LogP contribution in [0.1, 0.15) is 48.7 Å². The van der Waals surface area contributed by atoms with Gasteiger partial charge in [-0.3, -0.25) is 4.90 Å². The van der Waals surface area contributed by atoms with Crippen LogP contribution in [0.4, 0.5) is 0 Å². The summed E-state index contributed by atoms with van der Waals surface area (Å²) >= 11 is 0. The molecule has 0 spiro atoms. The molecule has 1 fully saturated rings. The predicted molar refractivity (Wildman–Crippen MR) is 99.0 cm³/mol. The second-order valence-corrected chi connectivity index (χ2v) is 6.73. The molecule has 1 aromatic carbocycles. The third-order valence-electron chi connectivity index (χ3n) is 4.96. The van der Waals surface area contributed by atoms with Gasteiger partial charge in [-0.25, -0.2) is 0 Å². The van der Waals surface area contributed by atoms with E-state index < -0.39 is 0 Å². The van der Waals surface area contributed by atoms with Gasteiger partial charge in [0.25, 0.3) is 0 Å². The number of nitrogens with zero attached hydrogens (tertiary/aromatic N) is 2. The van der Waals surface area contributed by atoms with E-state index in [1.54, 1.807) is 21.3 Å². The van der Waals surface area contributed by atoms with Crippen LogP contribution in [0.15, 0.2) is 22.7 Å². The Morgan fingerprint density at radius 3 is 2.35 bits per heavy atom. The number of ether oxygens (including phenoxy) is 3. The molecule has 142 valence electrons. The monoisotopic (exact) mass is 360 g/mol. The highest BCUT2D eigenvalue weighted by atomic mass is 16.5. The first-order valence-corrected chi connectivity index (χ1v) is 9.12. The van der Waals surface area contributed by atoms with Gasteiger partial charge in [0.2, 0.25) is 5.75 Å². The topological polar surface area (TPSA) is 57.0 Å². The number of aryl methyl sites for hydroxylation is 1. The zero-order valence-electron chi connectivity index (χ0n) is 16.1. The number of aromatic nitrogens is 1. The third-order valence-corrected chi connectivity index (χ3v) is 4.96. The Hall–Kier alpha value is -2.21. The minimum absolute atomic E-state index is 0.272. The highest BCUT2D eigenvalue weighted by Gasteiger charge is 2.26. The fourth-order valence-corrected chi connectivity index (χ4v) is 3.70. The number of rotatable bonds is 6. The zero-order valence-corrected chi connectivity index (χ0v) is 16.1. The molecule has 0 amide bonds. The van der Waals surface area contributed by atoms with Crippen molar-refractivity contribution in [3.63, 3.8) is 0 Å². The van der Waals surface area contributed by atoms with Crippen LogP contribution in [0.3, 0.4) is 0 Å². The van der Waals surface area contributed by atoms with E-state index in [-0.39, 0.29) is 6.04 Å². The van der Waals surface area contributed by atoms with E-state index >= 15 is 0 Å². The molecule has 0 N–H and O–H groups in total. The Bertz CT molecular complexity index is 703. The van der Waals surface area contributed by atoms with Crippen LogP contribution in [-0.2, 0) is 6.54 Å². The summed E-state index contributed by atoms with van der Waals surface area (Å²) in [6, 6.07) is 6.38. The van der Waals surface area contributed by atoms with Gasteiger partial charge in [-0.05, 0) is 44.0 Å². The lowest BCUT2D eigenvalue weighted by molar-refractivity contribution is 0.183. The van der Waals surface area contributed by atoms with Crippen molar-refractivity contribution in [3.05, 3.63) is 35.2 Å². The van der Waals surface area contributed by atoms with Gasteiger partial charge < -0.3 is 18.7 Å². The molecule has 3 rings (SSSR count). The lowest BCUT2D eigenvalue weighted by Gasteiger charge is -2.28. The molecule has 1 atom stereocenters. The Morgan fingerprint density at radius 2 is 1.77 bits per heavy atom. The Kier molecular flexibility index (Phi) is 6.04. The number of methoxy groups -OCH3 is 3. The molecular weight excluding hydrogens is 332 g/mol. The maximum atomic E-state index is 5.50. The molecule has 6 nitrogen and oxygen atoms in total. The standard InChI is InChI=1S/C20H28N2O4/c1-14-10-16(21-26-14)17-8-6-5-7-9-22(17)13-15-11-18(23-2)20(25-4)19(12-15)24-3/h10-12,17H,5-9,13H2,1-4H3/t17-/m0/s1. The molecule has 0 aliphatic carbocycles. The summed E-state index contributed by atoms with van der Waals surface area (Å²) in [5, 5.41) is 4.28. The summed E-state index contributed by atoms with van der Waals surface area (Å²) in [4.78, 5) is 2.48. The van der Waals surface area contributed by atoms with Crippen molar-refractivity contribution in [1.29, 1.82) is 0 Å². The number of hydrogen-bond acceptors (Lipinski definition) is 6. The molecule has 1 saturated heterocycles. The average Bonchev–Trinajstić information content (AvgIpc) is 2.95. The third kappa shape index (κ3) is 3.96. The molecule has 6 heteroatoms. The lowest BCUT2D eigenvalue weighted by Crippen LogP contribution is -2.28. The summed E-state index contributed by atoms with van der Waals surface area (Å²) in [7, 11) is 4.92. The van der Waals surface area contributed by atoms with Gasteiger partial charge in [0.05, 0.1) is 27.4 Å². The van der Waals surface area contributed by atoms with Crippen molar-refractivity contribution in [2.24, 2.45) is 0 Å². The fourth-order valence-electron chi connectivity index (χ4n) is 3.70. The highest BCUT2D eigenvalue weighted by molar-refractivity contribution is 5.53. The van der Waals surface area contributed by atoms with E-state index in [4.69, 9.17) is 18.7 Å². The van der Waals surface area contributed by atoms with E-state index in [9.17, 15) is 0 Å². The van der Waals surface area contributed by atoms with E-state index in [1.807, 2.05) is 19.1 Å². The molecule has 2 heterocycles. The van der Waals surface area contributed by atoms with Crippen LogP contribution in [0.25, 0.3) is 0 Å². The van der Waals surface area contributed by atoms with Crippen molar-refractivity contribution >= 4 is 0 Å². The van der Waals surface area contributed by atoms with Gasteiger partial charge in [0.15, 0.2) is 11.5 Å². The molecule has 1 aliphatic heterocycles. The Balaban J connectivity index is 1.89. The van der Waals surface area contributed by atoms with E-state index in [2.05, 4.69) is 16.1 Å². The second kappa shape index (κ2) is 8.45. The summed E-state index contributed by atoms with van der Waals surface area (Å²) < 4.78 is 21.8. The van der Waals surface area contributed by atoms with Gasteiger partial charge in [0.1, 0.15) is 11.5 Å². The quantitative estimate of drug-likeness (QED) is 0.772. The molecule has 26 heavy (non-hydrogen) atoms. The molecule has 1 aromatic heterocycles. The average molecular weight is 360 g/mol. The van der Waals surface area contributed by atoms with E-state index in [1.165, 1.54) is 19.3 Å². The van der Waals surface area contributed by atoms with Gasteiger partial charge >= 0.3 is 0 Å². The minimum Gasteiger partial charge on any atom is -0.493 e. The Labute approximate surface area is 155 Å². The largest absolute Gasteiger partial charge is 0.493 e. The first kappa shape index (κ1) is 18.6. The van der Waals surface area contributed by atoms with Crippen LogP contribution in [0, 0.1) is 6.92 Å². The van der Waals surface area contributed by atoms with E-state index in [0.29, 0.717) is 17.2 Å². The number of hydrogen-bond donors (Lipinski definition) is 0. The van der Waals surface area contributed by atoms with Crippen LogP contribution >= 0.6 is 0 Å². The fraction of sp³-hybridized carbons (Fsp3) is 0.550. The molecule has 0 unspecified atom stereocenters. The zero-order chi connectivity index (χ0) is 18.5. The maximum absolute atomic E-state index is 5.50. The van der Waals surface area contributed by atoms with Crippen molar-refractivity contribution < 1.29 is 18.7 Å². The minimum atomic E-state index is 0.272. The van der Waals surface area contributed by atoms with Gasteiger partial charge in [0, 0.05) is 12.6 Å². The van der Waals surface area contributed by atoms with Crippen molar-refractivity contribution in [2.75, 3.05) is 27.9 Å². The first-order chi connectivity index (χ1) is 12.7.